The van der Waals surface area contributed by atoms with Crippen molar-refractivity contribution in [2.24, 2.45) is 0 Å². The Morgan fingerprint density at radius 2 is 1.73 bits per heavy atom. The monoisotopic (exact) mass is 296 g/mol. The molecule has 0 radical (unpaired) electrons. The number of likely N-dealkylation sites (tertiary alicyclic amines) is 1. The summed E-state index contributed by atoms with van der Waals surface area (Å²) in [6.07, 6.45) is 1.32. The molecule has 2 atom stereocenters. The Balaban J connectivity index is 1.59. The Morgan fingerprint density at radius 1 is 1.05 bits per heavy atom. The Hall–Kier alpha value is -1.84. The smallest absolute Gasteiger partial charge is 0.0899 e. The number of hydrogen-bond acceptors (Lipinski definition) is 3. The number of ether oxygens (including phenoxy) is 1. The minimum absolute atomic E-state index is 0.220. The Morgan fingerprint density at radius 3 is 2.41 bits per heavy atom. The summed E-state index contributed by atoms with van der Waals surface area (Å²) in [5.41, 5.74) is 2.54. The fourth-order valence-corrected chi connectivity index (χ4v) is 3.12. The molecule has 0 spiro atoms. The van der Waals surface area contributed by atoms with Crippen molar-refractivity contribution in [3.63, 3.8) is 0 Å². The quantitative estimate of drug-likeness (QED) is 0.915. The van der Waals surface area contributed by atoms with E-state index in [0.29, 0.717) is 6.04 Å². The Bertz CT molecular complexity index is 558. The van der Waals surface area contributed by atoms with Crippen LogP contribution in [0.5, 0.6) is 0 Å². The third kappa shape index (κ3) is 3.87. The van der Waals surface area contributed by atoms with E-state index in [2.05, 4.69) is 64.8 Å². The maximum absolute atomic E-state index is 5.74. The zero-order valence-corrected chi connectivity index (χ0v) is 13.1. The number of piperidine rings is 1. The first-order valence-corrected chi connectivity index (χ1v) is 7.96. The predicted molar refractivity (Wildman–Crippen MR) is 91.0 cm³/mol. The Kier molecular flexibility index (Phi) is 5.09. The fourth-order valence-electron chi connectivity index (χ4n) is 3.12. The number of nitrogens with zero attached hydrogens (tertiary/aromatic N) is 1. The van der Waals surface area contributed by atoms with Crippen molar-refractivity contribution in [1.29, 1.82) is 0 Å². The second-order valence-electron chi connectivity index (χ2n) is 5.90. The van der Waals surface area contributed by atoms with Crippen LogP contribution in [0.2, 0.25) is 0 Å². The van der Waals surface area contributed by atoms with Crippen LogP contribution in [0.15, 0.2) is 60.7 Å². The molecule has 22 heavy (non-hydrogen) atoms. The zero-order chi connectivity index (χ0) is 15.2. The van der Waals surface area contributed by atoms with Crippen molar-refractivity contribution >= 4 is 5.69 Å². The number of benzene rings is 2. The van der Waals surface area contributed by atoms with Gasteiger partial charge in [-0.25, -0.2) is 0 Å². The average Bonchev–Trinajstić information content (AvgIpc) is 2.58. The largest absolute Gasteiger partial charge is 0.380 e. The van der Waals surface area contributed by atoms with E-state index in [0.717, 1.165) is 26.1 Å². The molecule has 0 bridgehead atoms. The van der Waals surface area contributed by atoms with E-state index in [1.54, 1.807) is 0 Å². The van der Waals surface area contributed by atoms with E-state index in [4.69, 9.17) is 4.74 Å². The van der Waals surface area contributed by atoms with Gasteiger partial charge in [0.25, 0.3) is 0 Å². The van der Waals surface area contributed by atoms with Crippen LogP contribution in [-0.4, -0.2) is 37.2 Å². The highest BCUT2D eigenvalue weighted by atomic mass is 16.5. The maximum Gasteiger partial charge on any atom is 0.0899 e. The SMILES string of the molecule is COC1CN(Cc2ccccc2)CCC1Nc1ccccc1. The van der Waals surface area contributed by atoms with Crippen LogP contribution in [0.25, 0.3) is 0 Å². The molecule has 3 rings (SSSR count). The molecular formula is C19H24N2O. The molecule has 2 unspecified atom stereocenters. The van der Waals surface area contributed by atoms with E-state index in [1.807, 2.05) is 13.2 Å². The van der Waals surface area contributed by atoms with Crippen molar-refractivity contribution in [3.8, 4) is 0 Å². The highest BCUT2D eigenvalue weighted by Crippen LogP contribution is 2.20. The van der Waals surface area contributed by atoms with Gasteiger partial charge in [0, 0.05) is 32.4 Å². The van der Waals surface area contributed by atoms with Crippen molar-refractivity contribution < 1.29 is 4.74 Å². The summed E-state index contributed by atoms with van der Waals surface area (Å²) in [6, 6.07) is 21.4. The average molecular weight is 296 g/mol. The molecular weight excluding hydrogens is 272 g/mol. The van der Waals surface area contributed by atoms with Gasteiger partial charge in [-0.2, -0.15) is 0 Å². The van der Waals surface area contributed by atoms with E-state index in [-0.39, 0.29) is 6.10 Å². The molecule has 1 N–H and O–H groups in total. The summed E-state index contributed by atoms with van der Waals surface area (Å²) in [5.74, 6) is 0. The third-order valence-electron chi connectivity index (χ3n) is 4.32. The van der Waals surface area contributed by atoms with E-state index >= 15 is 0 Å². The minimum Gasteiger partial charge on any atom is -0.380 e. The number of hydrogen-bond donors (Lipinski definition) is 1. The van der Waals surface area contributed by atoms with Gasteiger partial charge in [-0.1, -0.05) is 48.5 Å². The molecule has 1 fully saturated rings. The van der Waals surface area contributed by atoms with Crippen LogP contribution < -0.4 is 5.32 Å². The number of nitrogens with one attached hydrogen (secondary N) is 1. The van der Waals surface area contributed by atoms with E-state index in [1.165, 1.54) is 11.3 Å². The minimum atomic E-state index is 0.220. The van der Waals surface area contributed by atoms with E-state index < -0.39 is 0 Å². The van der Waals surface area contributed by atoms with Crippen LogP contribution in [0.4, 0.5) is 5.69 Å². The molecule has 3 heteroatoms. The van der Waals surface area contributed by atoms with Gasteiger partial charge >= 0.3 is 0 Å². The van der Waals surface area contributed by atoms with Crippen molar-refractivity contribution in [3.05, 3.63) is 66.2 Å². The standard InChI is InChI=1S/C19H24N2O/c1-22-19-15-21(14-16-8-4-2-5-9-16)13-12-18(19)20-17-10-6-3-7-11-17/h2-11,18-20H,12-15H2,1H3. The summed E-state index contributed by atoms with van der Waals surface area (Å²) < 4.78 is 5.74. The van der Waals surface area contributed by atoms with Gasteiger partial charge in [-0.3, -0.25) is 4.90 Å². The molecule has 1 saturated heterocycles. The number of methoxy groups -OCH3 is 1. The Labute approximate surface area is 132 Å². The second-order valence-corrected chi connectivity index (χ2v) is 5.90. The van der Waals surface area contributed by atoms with Crippen molar-refractivity contribution in [1.82, 2.24) is 4.90 Å². The molecule has 0 aromatic heterocycles. The van der Waals surface area contributed by atoms with Crippen molar-refractivity contribution in [2.75, 3.05) is 25.5 Å². The lowest BCUT2D eigenvalue weighted by Gasteiger charge is -2.38. The molecule has 0 amide bonds. The molecule has 116 valence electrons. The van der Waals surface area contributed by atoms with Gasteiger partial charge in [0.15, 0.2) is 0 Å². The number of rotatable bonds is 5. The first-order valence-electron chi connectivity index (χ1n) is 7.96. The van der Waals surface area contributed by atoms with Crippen LogP contribution >= 0.6 is 0 Å². The highest BCUT2D eigenvalue weighted by molar-refractivity contribution is 5.43. The topological polar surface area (TPSA) is 24.5 Å². The molecule has 1 aliphatic rings. The predicted octanol–water partition coefficient (Wildman–Crippen LogP) is 3.39. The van der Waals surface area contributed by atoms with Crippen LogP contribution in [0.1, 0.15) is 12.0 Å². The molecule has 0 saturated carbocycles. The summed E-state index contributed by atoms with van der Waals surface area (Å²) in [7, 11) is 1.82. The lowest BCUT2D eigenvalue weighted by Crippen LogP contribution is -2.50. The molecule has 1 heterocycles. The summed E-state index contributed by atoms with van der Waals surface area (Å²) in [5, 5.41) is 3.61. The summed E-state index contributed by atoms with van der Waals surface area (Å²) in [4.78, 5) is 2.48. The third-order valence-corrected chi connectivity index (χ3v) is 4.32. The van der Waals surface area contributed by atoms with Gasteiger partial charge in [0.2, 0.25) is 0 Å². The lowest BCUT2D eigenvalue weighted by atomic mass is 10.0. The van der Waals surface area contributed by atoms with Gasteiger partial charge in [0.05, 0.1) is 12.1 Å². The zero-order valence-electron chi connectivity index (χ0n) is 13.1. The highest BCUT2D eigenvalue weighted by Gasteiger charge is 2.29. The maximum atomic E-state index is 5.74. The molecule has 3 nitrogen and oxygen atoms in total. The lowest BCUT2D eigenvalue weighted by molar-refractivity contribution is 0.0194. The first kappa shape index (κ1) is 15.1. The summed E-state index contributed by atoms with van der Waals surface area (Å²) >= 11 is 0. The fraction of sp³-hybridized carbons (Fsp3) is 0.368. The van der Waals surface area contributed by atoms with Gasteiger partial charge in [-0.15, -0.1) is 0 Å². The van der Waals surface area contributed by atoms with Gasteiger partial charge < -0.3 is 10.1 Å². The van der Waals surface area contributed by atoms with Gasteiger partial charge in [0.1, 0.15) is 0 Å². The van der Waals surface area contributed by atoms with Gasteiger partial charge in [-0.05, 0) is 24.1 Å². The second kappa shape index (κ2) is 7.43. The van der Waals surface area contributed by atoms with Crippen LogP contribution in [-0.2, 0) is 11.3 Å². The summed E-state index contributed by atoms with van der Waals surface area (Å²) in [6.45, 7) is 3.06. The molecule has 2 aromatic carbocycles. The van der Waals surface area contributed by atoms with Crippen molar-refractivity contribution in [2.45, 2.75) is 25.1 Å². The molecule has 0 aliphatic carbocycles. The molecule has 1 aliphatic heterocycles. The van der Waals surface area contributed by atoms with Crippen LogP contribution in [0.3, 0.4) is 0 Å². The molecule has 2 aromatic rings. The number of anilines is 1. The van der Waals surface area contributed by atoms with Crippen LogP contribution in [0, 0.1) is 0 Å². The number of para-hydroxylation sites is 1. The normalized spacial score (nSPS) is 22.4. The first-order chi connectivity index (χ1) is 10.8. The van der Waals surface area contributed by atoms with E-state index in [9.17, 15) is 0 Å².